The Morgan fingerprint density at radius 2 is 2.19 bits per heavy atom. The van der Waals surface area contributed by atoms with Crippen molar-refractivity contribution in [1.82, 2.24) is 4.98 Å². The molecule has 6 heteroatoms. The molecule has 0 amide bonds. The summed E-state index contributed by atoms with van der Waals surface area (Å²) in [7, 11) is 0. The molecule has 1 aromatic carbocycles. The van der Waals surface area contributed by atoms with Gasteiger partial charge in [0.2, 0.25) is 5.76 Å². The van der Waals surface area contributed by atoms with E-state index < -0.39 is 12.1 Å². The zero-order valence-corrected chi connectivity index (χ0v) is 11.9. The second-order valence-corrected chi connectivity index (χ2v) is 5.36. The van der Waals surface area contributed by atoms with Crippen molar-refractivity contribution in [3.63, 3.8) is 0 Å². The van der Waals surface area contributed by atoms with Crippen molar-refractivity contribution >= 4 is 27.5 Å². The first-order chi connectivity index (χ1) is 10.2. The van der Waals surface area contributed by atoms with Crippen molar-refractivity contribution in [2.45, 2.75) is 13.0 Å². The summed E-state index contributed by atoms with van der Waals surface area (Å²) in [6.07, 6.45) is -0.812. The lowest BCUT2D eigenvalue weighted by Crippen LogP contribution is -2.12. The number of carbonyl (C=O) groups is 1. The van der Waals surface area contributed by atoms with Gasteiger partial charge in [0.05, 0.1) is 10.2 Å². The molecule has 3 rings (SSSR count). The van der Waals surface area contributed by atoms with Crippen molar-refractivity contribution in [3.8, 4) is 16.8 Å². The van der Waals surface area contributed by atoms with Crippen LogP contribution in [0.25, 0.3) is 21.0 Å². The third-order valence-electron chi connectivity index (χ3n) is 2.78. The minimum atomic E-state index is -0.812. The highest BCUT2D eigenvalue weighted by Crippen LogP contribution is 2.31. The van der Waals surface area contributed by atoms with Gasteiger partial charge in [0, 0.05) is 0 Å². The Hall–Kier alpha value is -2.65. The topological polar surface area (TPSA) is 76.1 Å². The van der Waals surface area contributed by atoms with Crippen LogP contribution in [0.3, 0.4) is 0 Å². The number of fused-ring (bicyclic) bond motifs is 1. The van der Waals surface area contributed by atoms with Gasteiger partial charge < -0.3 is 9.15 Å². The molecule has 2 aromatic heterocycles. The maximum Gasteiger partial charge on any atom is 0.375 e. The van der Waals surface area contributed by atoms with E-state index in [9.17, 15) is 4.79 Å². The summed E-state index contributed by atoms with van der Waals surface area (Å²) in [6, 6.07) is 12.8. The molecular weight excluding hydrogens is 288 g/mol. The lowest BCUT2D eigenvalue weighted by Gasteiger charge is -2.02. The summed E-state index contributed by atoms with van der Waals surface area (Å²) < 4.78 is 11.4. The molecule has 0 saturated heterocycles. The van der Waals surface area contributed by atoms with Gasteiger partial charge in [0.15, 0.2) is 16.9 Å². The number of aromatic nitrogens is 1. The number of hydrogen-bond donors (Lipinski definition) is 0. The van der Waals surface area contributed by atoms with Crippen LogP contribution in [0, 0.1) is 11.3 Å². The van der Waals surface area contributed by atoms with E-state index in [1.54, 1.807) is 6.07 Å². The fourth-order valence-corrected chi connectivity index (χ4v) is 2.71. The minimum Gasteiger partial charge on any atom is -0.447 e. The van der Waals surface area contributed by atoms with Crippen LogP contribution in [-0.2, 0) is 4.74 Å². The standard InChI is InChI=1S/C15H10N2O3S/c1-9(8-16)19-15(18)12-7-6-11(20-12)14-17-10-4-2-3-5-13(10)21-14/h2-7,9H,1H3/t9-/m1/s1. The van der Waals surface area contributed by atoms with Gasteiger partial charge in [-0.15, -0.1) is 11.3 Å². The monoisotopic (exact) mass is 298 g/mol. The number of thiazole rings is 1. The van der Waals surface area contributed by atoms with Crippen LogP contribution in [0.5, 0.6) is 0 Å². The number of esters is 1. The van der Waals surface area contributed by atoms with E-state index in [1.165, 1.54) is 24.3 Å². The van der Waals surface area contributed by atoms with Gasteiger partial charge in [-0.25, -0.2) is 9.78 Å². The molecule has 1 atom stereocenters. The predicted octanol–water partition coefficient (Wildman–Crippen LogP) is 3.63. The molecule has 0 bridgehead atoms. The van der Waals surface area contributed by atoms with Gasteiger partial charge in [-0.05, 0) is 31.2 Å². The van der Waals surface area contributed by atoms with E-state index in [-0.39, 0.29) is 5.76 Å². The predicted molar refractivity (Wildman–Crippen MR) is 77.8 cm³/mol. The molecule has 3 aromatic rings. The summed E-state index contributed by atoms with van der Waals surface area (Å²) in [4.78, 5) is 16.2. The molecule has 0 fully saturated rings. The molecule has 0 aliphatic heterocycles. The van der Waals surface area contributed by atoms with Crippen LogP contribution >= 0.6 is 11.3 Å². The highest BCUT2D eigenvalue weighted by Gasteiger charge is 2.17. The fraction of sp³-hybridized carbons (Fsp3) is 0.133. The van der Waals surface area contributed by atoms with Crippen LogP contribution in [0.15, 0.2) is 40.8 Å². The third-order valence-corrected chi connectivity index (χ3v) is 3.83. The highest BCUT2D eigenvalue weighted by molar-refractivity contribution is 7.21. The van der Waals surface area contributed by atoms with Crippen molar-refractivity contribution in [3.05, 3.63) is 42.2 Å². The van der Waals surface area contributed by atoms with Gasteiger partial charge >= 0.3 is 5.97 Å². The summed E-state index contributed by atoms with van der Waals surface area (Å²) in [5.74, 6) is -0.0875. The maximum absolute atomic E-state index is 11.7. The molecule has 21 heavy (non-hydrogen) atoms. The van der Waals surface area contributed by atoms with E-state index in [2.05, 4.69) is 4.98 Å². The molecule has 104 valence electrons. The van der Waals surface area contributed by atoms with Crippen LogP contribution in [0.2, 0.25) is 0 Å². The van der Waals surface area contributed by atoms with E-state index in [4.69, 9.17) is 14.4 Å². The van der Waals surface area contributed by atoms with E-state index in [1.807, 2.05) is 30.3 Å². The second-order valence-electron chi connectivity index (χ2n) is 4.33. The summed E-state index contributed by atoms with van der Waals surface area (Å²) >= 11 is 1.48. The van der Waals surface area contributed by atoms with Crippen molar-refractivity contribution in [2.75, 3.05) is 0 Å². The molecule has 0 spiro atoms. The lowest BCUT2D eigenvalue weighted by molar-refractivity contribution is 0.0400. The lowest BCUT2D eigenvalue weighted by atomic mass is 10.3. The molecule has 0 unspecified atom stereocenters. The van der Waals surface area contributed by atoms with Crippen molar-refractivity contribution in [1.29, 1.82) is 5.26 Å². The number of rotatable bonds is 3. The number of nitriles is 1. The largest absolute Gasteiger partial charge is 0.447 e. The average molecular weight is 298 g/mol. The number of ether oxygens (including phenoxy) is 1. The first-order valence-electron chi connectivity index (χ1n) is 6.24. The number of nitrogens with zero attached hydrogens (tertiary/aromatic N) is 2. The van der Waals surface area contributed by atoms with Gasteiger partial charge in [0.25, 0.3) is 0 Å². The number of hydrogen-bond acceptors (Lipinski definition) is 6. The van der Waals surface area contributed by atoms with Crippen LogP contribution in [-0.4, -0.2) is 17.1 Å². The quantitative estimate of drug-likeness (QED) is 0.690. The highest BCUT2D eigenvalue weighted by atomic mass is 32.1. The van der Waals surface area contributed by atoms with E-state index >= 15 is 0 Å². The molecular formula is C15H10N2O3S. The zero-order chi connectivity index (χ0) is 14.8. The summed E-state index contributed by atoms with van der Waals surface area (Å²) in [5.41, 5.74) is 0.885. The van der Waals surface area contributed by atoms with Crippen LogP contribution in [0.1, 0.15) is 17.5 Å². The maximum atomic E-state index is 11.7. The Kier molecular flexibility index (Phi) is 3.42. The fourth-order valence-electron chi connectivity index (χ4n) is 1.79. The molecule has 0 radical (unpaired) electrons. The second kappa shape index (κ2) is 5.38. The Morgan fingerprint density at radius 3 is 2.95 bits per heavy atom. The van der Waals surface area contributed by atoms with Crippen molar-refractivity contribution in [2.24, 2.45) is 0 Å². The third kappa shape index (κ3) is 2.64. The Labute approximate surface area is 124 Å². The number of furan rings is 1. The first-order valence-corrected chi connectivity index (χ1v) is 7.05. The van der Waals surface area contributed by atoms with Gasteiger partial charge in [-0.1, -0.05) is 12.1 Å². The smallest absolute Gasteiger partial charge is 0.375 e. The van der Waals surface area contributed by atoms with Crippen molar-refractivity contribution < 1.29 is 13.9 Å². The molecule has 2 heterocycles. The molecule has 0 saturated carbocycles. The van der Waals surface area contributed by atoms with Gasteiger partial charge in [-0.3, -0.25) is 0 Å². The van der Waals surface area contributed by atoms with Gasteiger partial charge in [0.1, 0.15) is 6.07 Å². The minimum absolute atomic E-state index is 0.0614. The summed E-state index contributed by atoms with van der Waals surface area (Å²) in [6.45, 7) is 1.50. The van der Waals surface area contributed by atoms with E-state index in [0.29, 0.717) is 10.8 Å². The van der Waals surface area contributed by atoms with Crippen LogP contribution in [0.4, 0.5) is 0 Å². The summed E-state index contributed by atoms with van der Waals surface area (Å²) in [5, 5.41) is 9.33. The Balaban J connectivity index is 1.88. The zero-order valence-electron chi connectivity index (χ0n) is 11.1. The van der Waals surface area contributed by atoms with Gasteiger partial charge in [-0.2, -0.15) is 5.26 Å². The molecule has 0 aliphatic rings. The number of benzene rings is 1. The number of para-hydroxylation sites is 1. The van der Waals surface area contributed by atoms with Crippen LogP contribution < -0.4 is 0 Å². The average Bonchev–Trinajstić information content (AvgIpc) is 3.13. The first kappa shape index (κ1) is 13.3. The molecule has 0 N–H and O–H groups in total. The molecule has 0 aliphatic carbocycles. The van der Waals surface area contributed by atoms with E-state index in [0.717, 1.165) is 10.2 Å². The molecule has 5 nitrogen and oxygen atoms in total. The number of carbonyl (C=O) groups excluding carboxylic acids is 1. The normalized spacial score (nSPS) is 12.0. The SMILES string of the molecule is C[C@H](C#N)OC(=O)c1ccc(-c2nc3ccccc3s2)o1. The Morgan fingerprint density at radius 1 is 1.38 bits per heavy atom. The Bertz CT molecular complexity index is 811.